The Bertz CT molecular complexity index is 745. The van der Waals surface area contributed by atoms with Crippen molar-refractivity contribution in [1.29, 1.82) is 0 Å². The summed E-state index contributed by atoms with van der Waals surface area (Å²) in [6.07, 6.45) is 4.66. The molecule has 2 aliphatic rings. The fourth-order valence-electron chi connectivity index (χ4n) is 4.01. The Balaban J connectivity index is 1.34. The second kappa shape index (κ2) is 8.33. The first kappa shape index (κ1) is 18.3. The fraction of sp³-hybridized carbons (Fsp3) is 0.476. The van der Waals surface area contributed by atoms with Gasteiger partial charge in [0.15, 0.2) is 0 Å². The van der Waals surface area contributed by atoms with Gasteiger partial charge in [-0.1, -0.05) is 12.1 Å². The standard InChI is InChI=1S/C21H26FN3O2/c22-19-4-1-5-20(9-19)24-12-18-10-21(27-14-18)15-25(7-8-26-16-21)13-17-3-2-6-23-11-17/h1-6,9,11,18,24H,7-8,10,12-16H2/t18-,21-/m1/s1. The van der Waals surface area contributed by atoms with E-state index in [0.29, 0.717) is 19.1 Å². The summed E-state index contributed by atoms with van der Waals surface area (Å²) < 4.78 is 25.5. The third-order valence-electron chi connectivity index (χ3n) is 5.26. The number of hydrogen-bond acceptors (Lipinski definition) is 5. The molecule has 0 unspecified atom stereocenters. The van der Waals surface area contributed by atoms with E-state index in [-0.39, 0.29) is 11.4 Å². The maximum absolute atomic E-state index is 13.3. The van der Waals surface area contributed by atoms with Gasteiger partial charge in [0.05, 0.1) is 19.8 Å². The molecule has 1 aromatic carbocycles. The summed E-state index contributed by atoms with van der Waals surface area (Å²) in [6, 6.07) is 10.7. The zero-order chi connectivity index (χ0) is 18.5. The second-order valence-corrected chi connectivity index (χ2v) is 7.58. The van der Waals surface area contributed by atoms with Crippen LogP contribution < -0.4 is 5.32 Å². The monoisotopic (exact) mass is 371 g/mol. The summed E-state index contributed by atoms with van der Waals surface area (Å²) in [4.78, 5) is 6.61. The van der Waals surface area contributed by atoms with Gasteiger partial charge in [-0.25, -0.2) is 4.39 Å². The fourth-order valence-corrected chi connectivity index (χ4v) is 4.01. The summed E-state index contributed by atoms with van der Waals surface area (Å²) in [7, 11) is 0. The SMILES string of the molecule is Fc1cccc(NC[C@@H]2CO[C@]3(COCCN(Cc4cccnc4)C3)C2)c1. The van der Waals surface area contributed by atoms with E-state index in [1.165, 1.54) is 17.7 Å². The number of aromatic nitrogens is 1. The molecule has 0 aliphatic carbocycles. The quantitative estimate of drug-likeness (QED) is 0.876. The van der Waals surface area contributed by atoms with E-state index in [1.54, 1.807) is 12.3 Å². The highest BCUT2D eigenvalue weighted by molar-refractivity contribution is 5.43. The lowest BCUT2D eigenvalue weighted by Crippen LogP contribution is -2.43. The normalized spacial score (nSPS) is 26.2. The summed E-state index contributed by atoms with van der Waals surface area (Å²) >= 11 is 0. The van der Waals surface area contributed by atoms with Gasteiger partial charge in [0.25, 0.3) is 0 Å². The Morgan fingerprint density at radius 1 is 1.30 bits per heavy atom. The molecule has 2 saturated heterocycles. The van der Waals surface area contributed by atoms with Gasteiger partial charge >= 0.3 is 0 Å². The first-order valence-corrected chi connectivity index (χ1v) is 9.53. The molecule has 2 aromatic rings. The van der Waals surface area contributed by atoms with Crippen molar-refractivity contribution in [3.05, 3.63) is 60.2 Å². The third-order valence-corrected chi connectivity index (χ3v) is 5.26. The van der Waals surface area contributed by atoms with Crippen molar-refractivity contribution in [2.45, 2.75) is 18.6 Å². The predicted molar refractivity (Wildman–Crippen MR) is 102 cm³/mol. The molecule has 1 aromatic heterocycles. The molecule has 2 fully saturated rings. The van der Waals surface area contributed by atoms with Crippen LogP contribution >= 0.6 is 0 Å². The van der Waals surface area contributed by atoms with Gasteiger partial charge in [-0.3, -0.25) is 9.88 Å². The zero-order valence-electron chi connectivity index (χ0n) is 15.4. The lowest BCUT2D eigenvalue weighted by molar-refractivity contribution is -0.0562. The molecule has 144 valence electrons. The Hall–Kier alpha value is -2.02. The highest BCUT2D eigenvalue weighted by Crippen LogP contribution is 2.33. The first-order chi connectivity index (χ1) is 13.2. The van der Waals surface area contributed by atoms with E-state index in [9.17, 15) is 4.39 Å². The molecule has 0 bridgehead atoms. The van der Waals surface area contributed by atoms with Crippen molar-refractivity contribution < 1.29 is 13.9 Å². The van der Waals surface area contributed by atoms with E-state index < -0.39 is 0 Å². The largest absolute Gasteiger partial charge is 0.385 e. The van der Waals surface area contributed by atoms with E-state index in [4.69, 9.17) is 9.47 Å². The average molecular weight is 371 g/mol. The van der Waals surface area contributed by atoms with Crippen LogP contribution in [0.1, 0.15) is 12.0 Å². The van der Waals surface area contributed by atoms with Gasteiger partial charge in [0, 0.05) is 50.2 Å². The predicted octanol–water partition coefficient (Wildman–Crippen LogP) is 2.94. The van der Waals surface area contributed by atoms with Gasteiger partial charge in [0.2, 0.25) is 0 Å². The first-order valence-electron chi connectivity index (χ1n) is 9.53. The topological polar surface area (TPSA) is 46.6 Å². The molecule has 3 heterocycles. The summed E-state index contributed by atoms with van der Waals surface area (Å²) in [5.41, 5.74) is 1.76. The summed E-state index contributed by atoms with van der Waals surface area (Å²) in [5, 5.41) is 3.33. The van der Waals surface area contributed by atoms with Crippen LogP contribution in [-0.4, -0.2) is 54.9 Å². The van der Waals surface area contributed by atoms with Crippen molar-refractivity contribution >= 4 is 5.69 Å². The van der Waals surface area contributed by atoms with Crippen LogP contribution in [-0.2, 0) is 16.0 Å². The van der Waals surface area contributed by atoms with E-state index in [1.807, 2.05) is 18.3 Å². The smallest absolute Gasteiger partial charge is 0.125 e. The number of rotatable bonds is 5. The number of nitrogens with one attached hydrogen (secondary N) is 1. The van der Waals surface area contributed by atoms with Crippen LogP contribution in [0.25, 0.3) is 0 Å². The van der Waals surface area contributed by atoms with Crippen molar-refractivity contribution in [1.82, 2.24) is 9.88 Å². The molecular formula is C21H26FN3O2. The number of anilines is 1. The van der Waals surface area contributed by atoms with Crippen LogP contribution in [0.3, 0.4) is 0 Å². The van der Waals surface area contributed by atoms with Crippen molar-refractivity contribution in [3.8, 4) is 0 Å². The number of halogens is 1. The minimum atomic E-state index is -0.257. The molecule has 0 radical (unpaired) electrons. The Labute approximate surface area is 159 Å². The van der Waals surface area contributed by atoms with E-state index >= 15 is 0 Å². The maximum Gasteiger partial charge on any atom is 0.125 e. The lowest BCUT2D eigenvalue weighted by Gasteiger charge is -2.31. The van der Waals surface area contributed by atoms with Crippen molar-refractivity contribution in [3.63, 3.8) is 0 Å². The van der Waals surface area contributed by atoms with Gasteiger partial charge < -0.3 is 14.8 Å². The number of benzene rings is 1. The molecule has 1 N–H and O–H groups in total. The molecular weight excluding hydrogens is 345 g/mol. The van der Waals surface area contributed by atoms with E-state index in [2.05, 4.69) is 21.3 Å². The molecule has 4 rings (SSSR count). The Morgan fingerprint density at radius 3 is 3.11 bits per heavy atom. The molecule has 0 saturated carbocycles. The minimum absolute atomic E-state index is 0.220. The second-order valence-electron chi connectivity index (χ2n) is 7.58. The molecule has 6 heteroatoms. The zero-order valence-corrected chi connectivity index (χ0v) is 15.4. The van der Waals surface area contributed by atoms with Crippen molar-refractivity contribution in [2.75, 3.05) is 44.8 Å². The molecule has 1 spiro atoms. The third kappa shape index (κ3) is 4.83. The summed E-state index contributed by atoms with van der Waals surface area (Å²) in [5.74, 6) is 0.164. The molecule has 5 nitrogen and oxygen atoms in total. The Kier molecular flexibility index (Phi) is 5.66. The minimum Gasteiger partial charge on any atom is -0.385 e. The van der Waals surface area contributed by atoms with Gasteiger partial charge in [-0.05, 0) is 36.2 Å². The lowest BCUT2D eigenvalue weighted by atomic mass is 9.94. The van der Waals surface area contributed by atoms with Gasteiger partial charge in [-0.2, -0.15) is 0 Å². The Morgan fingerprint density at radius 2 is 2.26 bits per heavy atom. The van der Waals surface area contributed by atoms with E-state index in [0.717, 1.165) is 44.9 Å². The molecule has 0 amide bonds. The van der Waals surface area contributed by atoms with Crippen LogP contribution in [0.5, 0.6) is 0 Å². The number of hydrogen-bond donors (Lipinski definition) is 1. The van der Waals surface area contributed by atoms with Crippen LogP contribution in [0.2, 0.25) is 0 Å². The molecule has 27 heavy (non-hydrogen) atoms. The highest BCUT2D eigenvalue weighted by Gasteiger charge is 2.43. The molecule has 2 aliphatic heterocycles. The maximum atomic E-state index is 13.3. The summed E-state index contributed by atoms with van der Waals surface area (Å²) in [6.45, 7) is 5.43. The van der Waals surface area contributed by atoms with Crippen LogP contribution in [0.4, 0.5) is 10.1 Å². The van der Waals surface area contributed by atoms with Crippen LogP contribution in [0, 0.1) is 11.7 Å². The van der Waals surface area contributed by atoms with Gasteiger partial charge in [0.1, 0.15) is 11.4 Å². The van der Waals surface area contributed by atoms with Crippen molar-refractivity contribution in [2.24, 2.45) is 5.92 Å². The number of pyridine rings is 1. The van der Waals surface area contributed by atoms with Gasteiger partial charge in [-0.15, -0.1) is 0 Å². The van der Waals surface area contributed by atoms with Crippen LogP contribution in [0.15, 0.2) is 48.8 Å². The average Bonchev–Trinajstić information content (AvgIpc) is 2.96. The number of ether oxygens (including phenoxy) is 2. The molecule has 2 atom stereocenters. The number of nitrogens with zero attached hydrogens (tertiary/aromatic N) is 2. The highest BCUT2D eigenvalue weighted by atomic mass is 19.1.